The van der Waals surface area contributed by atoms with Crippen LogP contribution in [-0.4, -0.2) is 38.3 Å². The van der Waals surface area contributed by atoms with E-state index in [1.54, 1.807) is 25.1 Å². The molecule has 2 heterocycles. The summed E-state index contributed by atoms with van der Waals surface area (Å²) in [5.74, 6) is 0.472. The van der Waals surface area contributed by atoms with E-state index in [1.165, 1.54) is 29.8 Å². The van der Waals surface area contributed by atoms with Crippen LogP contribution in [0.3, 0.4) is 0 Å². The zero-order chi connectivity index (χ0) is 20.3. The molecule has 152 valence electrons. The number of carbonyl (C=O) groups is 1. The number of rotatable bonds is 6. The fourth-order valence-corrected chi connectivity index (χ4v) is 5.35. The fourth-order valence-electron chi connectivity index (χ4n) is 3.46. The van der Waals surface area contributed by atoms with Crippen LogP contribution in [0.15, 0.2) is 45.9 Å². The number of nitrogens with one attached hydrogen (secondary N) is 1. The van der Waals surface area contributed by atoms with Crippen LogP contribution < -0.4 is 10.1 Å². The first-order valence-corrected chi connectivity index (χ1v) is 10.8. The molecule has 1 N–H and O–H groups in total. The summed E-state index contributed by atoms with van der Waals surface area (Å²) in [6.45, 7) is 4.18. The van der Waals surface area contributed by atoms with Crippen molar-refractivity contribution in [2.45, 2.75) is 50.1 Å². The van der Waals surface area contributed by atoms with Crippen LogP contribution in [0.4, 0.5) is 0 Å². The molecule has 7 nitrogen and oxygen atoms in total. The van der Waals surface area contributed by atoms with Gasteiger partial charge in [0.1, 0.15) is 16.4 Å². The molecule has 1 aromatic heterocycles. The predicted octanol–water partition coefficient (Wildman–Crippen LogP) is 3.34. The zero-order valence-electron chi connectivity index (χ0n) is 16.3. The van der Waals surface area contributed by atoms with Crippen molar-refractivity contribution in [1.29, 1.82) is 0 Å². The van der Waals surface area contributed by atoms with Crippen molar-refractivity contribution >= 4 is 15.9 Å². The SMILES string of the molecule is COc1ccc(C(=O)N[C@@H](C)c2ccco2)cc1S(=O)(=O)N1CCCC[C@@H]1C. The summed E-state index contributed by atoms with van der Waals surface area (Å²) in [6, 6.07) is 7.56. The highest BCUT2D eigenvalue weighted by molar-refractivity contribution is 7.89. The van der Waals surface area contributed by atoms with E-state index in [0.29, 0.717) is 12.3 Å². The quantitative estimate of drug-likeness (QED) is 0.795. The van der Waals surface area contributed by atoms with Gasteiger partial charge in [0.25, 0.3) is 5.91 Å². The number of furan rings is 1. The summed E-state index contributed by atoms with van der Waals surface area (Å²) in [4.78, 5) is 12.7. The Morgan fingerprint density at radius 3 is 2.75 bits per heavy atom. The molecule has 0 aliphatic carbocycles. The van der Waals surface area contributed by atoms with Crippen molar-refractivity contribution in [3.8, 4) is 5.75 Å². The van der Waals surface area contributed by atoms with Crippen LogP contribution in [0.5, 0.6) is 5.75 Å². The van der Waals surface area contributed by atoms with Crippen molar-refractivity contribution < 1.29 is 22.4 Å². The van der Waals surface area contributed by atoms with Gasteiger partial charge < -0.3 is 14.5 Å². The third kappa shape index (κ3) is 4.07. The molecule has 28 heavy (non-hydrogen) atoms. The Hall–Kier alpha value is -2.32. The van der Waals surface area contributed by atoms with Crippen LogP contribution in [-0.2, 0) is 10.0 Å². The van der Waals surface area contributed by atoms with E-state index in [1.807, 2.05) is 6.92 Å². The molecule has 1 saturated heterocycles. The van der Waals surface area contributed by atoms with Gasteiger partial charge in [-0.1, -0.05) is 6.42 Å². The van der Waals surface area contributed by atoms with E-state index in [2.05, 4.69) is 5.32 Å². The second kappa shape index (κ2) is 8.36. The van der Waals surface area contributed by atoms with Gasteiger partial charge in [0.05, 0.1) is 19.4 Å². The maximum absolute atomic E-state index is 13.3. The third-order valence-corrected chi connectivity index (χ3v) is 7.11. The zero-order valence-corrected chi connectivity index (χ0v) is 17.2. The Kier molecular flexibility index (Phi) is 6.10. The Labute approximate surface area is 165 Å². The number of carbonyl (C=O) groups excluding carboxylic acids is 1. The molecule has 0 unspecified atom stereocenters. The monoisotopic (exact) mass is 406 g/mol. The highest BCUT2D eigenvalue weighted by Gasteiger charge is 2.33. The number of methoxy groups -OCH3 is 1. The number of ether oxygens (including phenoxy) is 1. The number of hydrogen-bond acceptors (Lipinski definition) is 5. The number of sulfonamides is 1. The standard InChI is InChI=1S/C20H26N2O5S/c1-14-7-4-5-11-22(14)28(24,25)19-13-16(9-10-18(19)26-3)20(23)21-15(2)17-8-6-12-27-17/h6,8-10,12-15H,4-5,7,11H2,1-3H3,(H,21,23)/t14-,15-/m0/s1. The van der Waals surface area contributed by atoms with Gasteiger partial charge in [0.2, 0.25) is 10.0 Å². The molecule has 1 aliphatic rings. The van der Waals surface area contributed by atoms with Gasteiger partial charge in [-0.25, -0.2) is 8.42 Å². The molecular weight excluding hydrogens is 380 g/mol. The molecule has 2 atom stereocenters. The lowest BCUT2D eigenvalue weighted by molar-refractivity contribution is 0.0935. The molecule has 1 fully saturated rings. The third-order valence-electron chi connectivity index (χ3n) is 5.07. The van der Waals surface area contributed by atoms with Crippen LogP contribution in [0.2, 0.25) is 0 Å². The van der Waals surface area contributed by atoms with Crippen molar-refractivity contribution in [3.63, 3.8) is 0 Å². The number of benzene rings is 1. The van der Waals surface area contributed by atoms with Crippen LogP contribution >= 0.6 is 0 Å². The van der Waals surface area contributed by atoms with Crippen molar-refractivity contribution in [2.75, 3.05) is 13.7 Å². The molecule has 0 spiro atoms. The molecule has 2 aromatic rings. The smallest absolute Gasteiger partial charge is 0.251 e. The number of nitrogens with zero attached hydrogens (tertiary/aromatic N) is 1. The van der Waals surface area contributed by atoms with E-state index in [4.69, 9.17) is 9.15 Å². The first kappa shape index (κ1) is 20.4. The van der Waals surface area contributed by atoms with Crippen LogP contribution in [0, 0.1) is 0 Å². The molecule has 0 saturated carbocycles. The Morgan fingerprint density at radius 1 is 1.32 bits per heavy atom. The summed E-state index contributed by atoms with van der Waals surface area (Å²) >= 11 is 0. The van der Waals surface area contributed by atoms with E-state index in [9.17, 15) is 13.2 Å². The largest absolute Gasteiger partial charge is 0.495 e. The average molecular weight is 407 g/mol. The molecule has 0 radical (unpaired) electrons. The van der Waals surface area contributed by atoms with Crippen molar-refractivity contribution in [2.24, 2.45) is 0 Å². The van der Waals surface area contributed by atoms with Gasteiger partial charge in [0, 0.05) is 18.2 Å². The average Bonchev–Trinajstić information content (AvgIpc) is 3.22. The summed E-state index contributed by atoms with van der Waals surface area (Å²) in [5.41, 5.74) is 0.252. The number of hydrogen-bond donors (Lipinski definition) is 1. The maximum Gasteiger partial charge on any atom is 0.251 e. The van der Waals surface area contributed by atoms with E-state index >= 15 is 0 Å². The van der Waals surface area contributed by atoms with Gasteiger partial charge in [-0.2, -0.15) is 4.31 Å². The summed E-state index contributed by atoms with van der Waals surface area (Å²) < 4.78 is 38.6. The second-order valence-corrected chi connectivity index (χ2v) is 8.90. The predicted molar refractivity (Wildman–Crippen MR) is 105 cm³/mol. The van der Waals surface area contributed by atoms with Gasteiger partial charge in [-0.3, -0.25) is 4.79 Å². The Bertz CT molecular complexity index is 924. The molecule has 0 bridgehead atoms. The highest BCUT2D eigenvalue weighted by Crippen LogP contribution is 2.31. The molecule has 1 aliphatic heterocycles. The lowest BCUT2D eigenvalue weighted by Gasteiger charge is -2.32. The van der Waals surface area contributed by atoms with Gasteiger partial charge in [-0.15, -0.1) is 0 Å². The Morgan fingerprint density at radius 2 is 2.11 bits per heavy atom. The highest BCUT2D eigenvalue weighted by atomic mass is 32.2. The molecule has 8 heteroatoms. The number of amides is 1. The topological polar surface area (TPSA) is 88.8 Å². The van der Waals surface area contributed by atoms with E-state index < -0.39 is 10.0 Å². The first-order chi connectivity index (χ1) is 13.3. The van der Waals surface area contributed by atoms with Crippen LogP contribution in [0.1, 0.15) is 55.3 Å². The summed E-state index contributed by atoms with van der Waals surface area (Å²) in [6.07, 6.45) is 4.20. The molecule has 3 rings (SSSR count). The van der Waals surface area contributed by atoms with Gasteiger partial charge >= 0.3 is 0 Å². The number of piperidine rings is 1. The lowest BCUT2D eigenvalue weighted by Crippen LogP contribution is -2.42. The normalized spacial score (nSPS) is 19.2. The minimum absolute atomic E-state index is 0.0158. The lowest BCUT2D eigenvalue weighted by atomic mass is 10.1. The van der Waals surface area contributed by atoms with Gasteiger partial charge in [0.15, 0.2) is 0 Å². The summed E-state index contributed by atoms with van der Waals surface area (Å²) in [5, 5.41) is 2.82. The minimum Gasteiger partial charge on any atom is -0.495 e. The molecule has 1 amide bonds. The van der Waals surface area contributed by atoms with Gasteiger partial charge in [-0.05, 0) is 57.0 Å². The maximum atomic E-state index is 13.3. The molecule has 1 aromatic carbocycles. The van der Waals surface area contributed by atoms with E-state index in [0.717, 1.165) is 19.3 Å². The Balaban J connectivity index is 1.90. The second-order valence-electron chi connectivity index (χ2n) is 7.04. The van der Waals surface area contributed by atoms with Crippen molar-refractivity contribution in [3.05, 3.63) is 47.9 Å². The van der Waals surface area contributed by atoms with Crippen LogP contribution in [0.25, 0.3) is 0 Å². The molecular formula is C20H26N2O5S. The van der Waals surface area contributed by atoms with Crippen molar-refractivity contribution in [1.82, 2.24) is 9.62 Å². The van der Waals surface area contributed by atoms with E-state index in [-0.39, 0.29) is 34.2 Å². The fraction of sp³-hybridized carbons (Fsp3) is 0.450. The summed E-state index contributed by atoms with van der Waals surface area (Å²) in [7, 11) is -2.35. The first-order valence-electron chi connectivity index (χ1n) is 9.38. The minimum atomic E-state index is -3.77.